The van der Waals surface area contributed by atoms with E-state index in [4.69, 9.17) is 9.47 Å². The van der Waals surface area contributed by atoms with Gasteiger partial charge in [0.1, 0.15) is 11.6 Å². The molecule has 124 valence electrons. The van der Waals surface area contributed by atoms with Crippen LogP contribution in [0.3, 0.4) is 0 Å². The Bertz CT molecular complexity index is 361. The molecule has 0 aliphatic heterocycles. The van der Waals surface area contributed by atoms with Crippen LogP contribution in [0.5, 0.6) is 0 Å². The smallest absolute Gasteiger partial charge is 0.408 e. The normalized spacial score (nSPS) is 13.8. The van der Waals surface area contributed by atoms with Gasteiger partial charge in [0.2, 0.25) is 0 Å². The van der Waals surface area contributed by atoms with Crippen molar-refractivity contribution in [2.24, 2.45) is 5.92 Å². The van der Waals surface area contributed by atoms with Gasteiger partial charge in [0.25, 0.3) is 0 Å². The summed E-state index contributed by atoms with van der Waals surface area (Å²) in [4.78, 5) is 23.1. The fourth-order valence-electron chi connectivity index (χ4n) is 1.22. The summed E-state index contributed by atoms with van der Waals surface area (Å²) in [6.45, 7) is 8.14. The number of carbonyl (C=O) groups is 2. The number of amides is 1. The molecule has 1 amide bonds. The molecule has 0 aliphatic carbocycles. The number of nitrogens with one attached hydrogen (secondary N) is 1. The van der Waals surface area contributed by atoms with E-state index in [2.05, 4.69) is 0 Å². The Balaban J connectivity index is 4.74. The van der Waals surface area contributed by atoms with Gasteiger partial charge in [-0.3, -0.25) is 0 Å². The Hall–Kier alpha value is -1.47. The molecule has 8 heteroatoms. The highest BCUT2D eigenvalue weighted by Crippen LogP contribution is 2.22. The maximum atomic E-state index is 12.5. The summed E-state index contributed by atoms with van der Waals surface area (Å²) in [6, 6.07) is -1.82. The highest BCUT2D eigenvalue weighted by Gasteiger charge is 2.38. The van der Waals surface area contributed by atoms with E-state index in [0.29, 0.717) is 0 Å². The minimum atomic E-state index is -4.61. The molecule has 1 atom stereocenters. The van der Waals surface area contributed by atoms with Crippen molar-refractivity contribution < 1.29 is 32.2 Å². The number of alkyl carbamates (subject to hydrolysis) is 1. The third-order valence-corrected chi connectivity index (χ3v) is 1.97. The Labute approximate surface area is 122 Å². The van der Waals surface area contributed by atoms with Crippen LogP contribution in [0.2, 0.25) is 0 Å². The Morgan fingerprint density at radius 1 is 1.14 bits per heavy atom. The maximum Gasteiger partial charge on any atom is 0.408 e. The van der Waals surface area contributed by atoms with E-state index < -0.39 is 36.3 Å². The fraction of sp³-hybridized carbons (Fsp3) is 0.846. The summed E-state index contributed by atoms with van der Waals surface area (Å²) in [5, 5.41) is 1.90. The molecule has 0 aromatic rings. The summed E-state index contributed by atoms with van der Waals surface area (Å²) in [5.41, 5.74) is -0.880. The number of hydrogen-bond donors (Lipinski definition) is 1. The number of halogens is 3. The third kappa shape index (κ3) is 10.9. The van der Waals surface area contributed by atoms with Gasteiger partial charge >= 0.3 is 18.2 Å². The molecule has 0 fully saturated rings. The second-order valence-electron chi connectivity index (χ2n) is 6.04. The van der Waals surface area contributed by atoms with Crippen molar-refractivity contribution in [3.63, 3.8) is 0 Å². The number of ether oxygens (including phenoxy) is 2. The monoisotopic (exact) mass is 313 g/mol. The summed E-state index contributed by atoms with van der Waals surface area (Å²) < 4.78 is 46.9. The van der Waals surface area contributed by atoms with Crippen molar-refractivity contribution in [2.45, 2.75) is 58.9 Å². The molecule has 0 aliphatic rings. The van der Waals surface area contributed by atoms with Gasteiger partial charge in [-0.25, -0.2) is 9.59 Å². The third-order valence-electron chi connectivity index (χ3n) is 1.97. The van der Waals surface area contributed by atoms with E-state index >= 15 is 0 Å². The zero-order valence-electron chi connectivity index (χ0n) is 12.8. The van der Waals surface area contributed by atoms with Crippen LogP contribution in [-0.2, 0) is 14.3 Å². The van der Waals surface area contributed by atoms with Gasteiger partial charge in [0.15, 0.2) is 0 Å². The lowest BCUT2D eigenvalue weighted by atomic mass is 10.2. The van der Waals surface area contributed by atoms with Gasteiger partial charge in [-0.2, -0.15) is 13.2 Å². The van der Waals surface area contributed by atoms with Gasteiger partial charge in [0.05, 0.1) is 13.0 Å². The highest BCUT2D eigenvalue weighted by atomic mass is 19.4. The molecule has 0 aromatic heterocycles. The van der Waals surface area contributed by atoms with Crippen LogP contribution >= 0.6 is 0 Å². The molecule has 1 N–H and O–H groups in total. The van der Waals surface area contributed by atoms with Crippen LogP contribution in [0.25, 0.3) is 0 Å². The summed E-state index contributed by atoms with van der Waals surface area (Å²) in [6.07, 6.45) is -7.22. The molecule has 5 nitrogen and oxygen atoms in total. The van der Waals surface area contributed by atoms with Gasteiger partial charge in [0, 0.05) is 0 Å². The molecule has 0 saturated carbocycles. The van der Waals surface area contributed by atoms with Crippen molar-refractivity contribution in [3.05, 3.63) is 0 Å². The number of carbonyl (C=O) groups excluding carboxylic acids is 2. The van der Waals surface area contributed by atoms with E-state index in [0.717, 1.165) is 0 Å². The zero-order chi connectivity index (χ0) is 16.8. The largest absolute Gasteiger partial charge is 0.464 e. The van der Waals surface area contributed by atoms with Crippen LogP contribution in [0.4, 0.5) is 18.0 Å². The lowest BCUT2D eigenvalue weighted by Gasteiger charge is -2.23. The summed E-state index contributed by atoms with van der Waals surface area (Å²) in [5.74, 6) is -1.16. The van der Waals surface area contributed by atoms with Crippen molar-refractivity contribution in [3.8, 4) is 0 Å². The summed E-state index contributed by atoms with van der Waals surface area (Å²) in [7, 11) is 0. The maximum absolute atomic E-state index is 12.5. The standard InChI is InChI=1S/C13H22F3NO4/c1-8(2)7-20-10(18)9(6-13(14,15)16)17-11(19)21-12(3,4)5/h8-9H,6-7H2,1-5H3,(H,17,19). The molecule has 0 spiro atoms. The second kappa shape index (κ2) is 7.51. The van der Waals surface area contributed by atoms with Crippen LogP contribution in [-0.4, -0.2) is 36.5 Å². The highest BCUT2D eigenvalue weighted by molar-refractivity contribution is 5.81. The van der Waals surface area contributed by atoms with Crippen molar-refractivity contribution in [1.82, 2.24) is 5.32 Å². The van der Waals surface area contributed by atoms with Crippen molar-refractivity contribution >= 4 is 12.1 Å². The fourth-order valence-corrected chi connectivity index (χ4v) is 1.22. The average Bonchev–Trinajstić information content (AvgIpc) is 2.20. The first-order chi connectivity index (χ1) is 9.30. The molecule has 0 saturated heterocycles. The topological polar surface area (TPSA) is 64.6 Å². The van der Waals surface area contributed by atoms with Gasteiger partial charge in [-0.1, -0.05) is 13.8 Å². The Morgan fingerprint density at radius 2 is 1.67 bits per heavy atom. The first-order valence-corrected chi connectivity index (χ1v) is 6.53. The lowest BCUT2D eigenvalue weighted by molar-refractivity contribution is -0.163. The average molecular weight is 313 g/mol. The number of hydrogen-bond acceptors (Lipinski definition) is 4. The molecule has 21 heavy (non-hydrogen) atoms. The molecule has 1 unspecified atom stereocenters. The van der Waals surface area contributed by atoms with Crippen LogP contribution in [0.1, 0.15) is 41.0 Å². The summed E-state index contributed by atoms with van der Waals surface area (Å²) >= 11 is 0. The van der Waals surface area contributed by atoms with E-state index in [1.807, 2.05) is 5.32 Å². The van der Waals surface area contributed by atoms with E-state index in [1.54, 1.807) is 34.6 Å². The predicted molar refractivity (Wildman–Crippen MR) is 69.6 cm³/mol. The number of rotatable bonds is 5. The molecule has 0 heterocycles. The van der Waals surface area contributed by atoms with E-state index in [9.17, 15) is 22.8 Å². The lowest BCUT2D eigenvalue weighted by Crippen LogP contribution is -2.46. The molecular weight excluding hydrogens is 291 g/mol. The molecule has 0 rings (SSSR count). The minimum Gasteiger partial charge on any atom is -0.464 e. The van der Waals surface area contributed by atoms with E-state index in [-0.39, 0.29) is 12.5 Å². The predicted octanol–water partition coefficient (Wildman–Crippen LogP) is 3.03. The first-order valence-electron chi connectivity index (χ1n) is 6.53. The van der Waals surface area contributed by atoms with Crippen LogP contribution in [0.15, 0.2) is 0 Å². The quantitative estimate of drug-likeness (QED) is 0.792. The zero-order valence-corrected chi connectivity index (χ0v) is 12.8. The molecule has 0 aromatic carbocycles. The number of alkyl halides is 3. The molecule has 0 radical (unpaired) electrons. The Morgan fingerprint density at radius 3 is 2.05 bits per heavy atom. The molecular formula is C13H22F3NO4. The van der Waals surface area contributed by atoms with Crippen molar-refractivity contribution in [2.75, 3.05) is 6.61 Å². The second-order valence-corrected chi connectivity index (χ2v) is 6.04. The van der Waals surface area contributed by atoms with Crippen LogP contribution in [0, 0.1) is 5.92 Å². The van der Waals surface area contributed by atoms with Crippen LogP contribution < -0.4 is 5.32 Å². The number of esters is 1. The minimum absolute atomic E-state index is 0.0246. The molecule has 0 bridgehead atoms. The van der Waals surface area contributed by atoms with Crippen molar-refractivity contribution in [1.29, 1.82) is 0 Å². The Kier molecular flexibility index (Phi) is 6.99. The van der Waals surface area contributed by atoms with Gasteiger partial charge < -0.3 is 14.8 Å². The SMILES string of the molecule is CC(C)COC(=O)C(CC(F)(F)F)NC(=O)OC(C)(C)C. The first kappa shape index (κ1) is 19.5. The van der Waals surface area contributed by atoms with Gasteiger partial charge in [-0.15, -0.1) is 0 Å². The van der Waals surface area contributed by atoms with Gasteiger partial charge in [-0.05, 0) is 26.7 Å². The van der Waals surface area contributed by atoms with E-state index in [1.165, 1.54) is 0 Å².